The lowest BCUT2D eigenvalue weighted by molar-refractivity contribution is -0.139. The number of ether oxygens (including phenoxy) is 1. The lowest BCUT2D eigenvalue weighted by atomic mass is 10.0. The third-order valence-electron chi connectivity index (χ3n) is 2.78. The van der Waals surface area contributed by atoms with E-state index in [0.29, 0.717) is 16.9 Å². The van der Waals surface area contributed by atoms with Gasteiger partial charge in [-0.2, -0.15) is 0 Å². The maximum absolute atomic E-state index is 11.0. The highest BCUT2D eigenvalue weighted by Crippen LogP contribution is 2.44. The first-order valence-corrected chi connectivity index (χ1v) is 4.72. The lowest BCUT2D eigenvalue weighted by Crippen LogP contribution is -2.09. The van der Waals surface area contributed by atoms with E-state index >= 15 is 0 Å². The highest BCUT2D eigenvalue weighted by atomic mass is 16.5. The molecule has 1 aliphatic carbocycles. The Bertz CT molecular complexity index is 400. The van der Waals surface area contributed by atoms with Crippen molar-refractivity contribution < 1.29 is 19.7 Å². The summed E-state index contributed by atoms with van der Waals surface area (Å²) in [6.07, 6.45) is -0.471. The van der Waals surface area contributed by atoms with Crippen molar-refractivity contribution in [3.05, 3.63) is 29.3 Å². The molecule has 0 fully saturated rings. The van der Waals surface area contributed by atoms with Gasteiger partial charge in [0.25, 0.3) is 0 Å². The molecule has 15 heavy (non-hydrogen) atoms. The Hall–Kier alpha value is -1.55. The van der Waals surface area contributed by atoms with Gasteiger partial charge in [-0.25, -0.2) is 0 Å². The fraction of sp³-hybridized carbons (Fsp3) is 0.364. The quantitative estimate of drug-likeness (QED) is 0.768. The van der Waals surface area contributed by atoms with Crippen molar-refractivity contribution in [2.45, 2.75) is 18.4 Å². The molecule has 0 aliphatic heterocycles. The number of carboxylic acid groups (broad SMARTS) is 1. The predicted octanol–water partition coefficient (Wildman–Crippen LogP) is 1.30. The molecule has 0 radical (unpaired) electrons. The first kappa shape index (κ1) is 9.98. The van der Waals surface area contributed by atoms with E-state index in [0.717, 1.165) is 0 Å². The molecule has 4 heteroatoms. The summed E-state index contributed by atoms with van der Waals surface area (Å²) in [5.41, 5.74) is 1.28. The average Bonchev–Trinajstić information content (AvgIpc) is 2.56. The van der Waals surface area contributed by atoms with E-state index in [-0.39, 0.29) is 6.42 Å². The monoisotopic (exact) mass is 208 g/mol. The van der Waals surface area contributed by atoms with Gasteiger partial charge in [0, 0.05) is 5.56 Å². The molecule has 80 valence electrons. The molecule has 1 aromatic carbocycles. The molecule has 0 heterocycles. The van der Waals surface area contributed by atoms with Crippen LogP contribution < -0.4 is 4.74 Å². The number of aliphatic carboxylic acids is 1. The highest BCUT2D eigenvalue weighted by molar-refractivity contribution is 5.79. The predicted molar refractivity (Wildman–Crippen MR) is 52.9 cm³/mol. The van der Waals surface area contributed by atoms with Crippen LogP contribution in [0.5, 0.6) is 5.75 Å². The molecular formula is C11H12O4. The van der Waals surface area contributed by atoms with E-state index in [1.165, 1.54) is 7.11 Å². The number of aliphatic hydroxyl groups is 1. The van der Waals surface area contributed by atoms with Crippen molar-refractivity contribution in [1.29, 1.82) is 0 Å². The SMILES string of the molecule is COc1cccc2c1C(C(=O)O)CC2O. The zero-order valence-electron chi connectivity index (χ0n) is 8.30. The Labute approximate surface area is 87.1 Å². The van der Waals surface area contributed by atoms with Gasteiger partial charge in [-0.1, -0.05) is 12.1 Å². The van der Waals surface area contributed by atoms with Crippen molar-refractivity contribution in [1.82, 2.24) is 0 Å². The summed E-state index contributed by atoms with van der Waals surface area (Å²) in [5.74, 6) is -1.04. The molecule has 2 N–H and O–H groups in total. The smallest absolute Gasteiger partial charge is 0.311 e. The van der Waals surface area contributed by atoms with E-state index in [4.69, 9.17) is 9.84 Å². The first-order valence-electron chi connectivity index (χ1n) is 4.72. The van der Waals surface area contributed by atoms with Gasteiger partial charge >= 0.3 is 5.97 Å². The van der Waals surface area contributed by atoms with E-state index in [9.17, 15) is 9.90 Å². The standard InChI is InChI=1S/C11H12O4/c1-15-9-4-2-3-6-8(12)5-7(10(6)9)11(13)14/h2-4,7-8,12H,5H2,1H3,(H,13,14). The van der Waals surface area contributed by atoms with Gasteiger partial charge in [-0.05, 0) is 18.1 Å². The van der Waals surface area contributed by atoms with Crippen LogP contribution in [0.15, 0.2) is 18.2 Å². The van der Waals surface area contributed by atoms with Gasteiger partial charge < -0.3 is 14.9 Å². The van der Waals surface area contributed by atoms with Crippen LogP contribution in [0.4, 0.5) is 0 Å². The number of rotatable bonds is 2. The van der Waals surface area contributed by atoms with Crippen LogP contribution in [0, 0.1) is 0 Å². The minimum atomic E-state index is -0.919. The number of aliphatic hydroxyl groups excluding tert-OH is 1. The van der Waals surface area contributed by atoms with Gasteiger partial charge in [0.05, 0.1) is 19.1 Å². The van der Waals surface area contributed by atoms with E-state index in [1.807, 2.05) is 0 Å². The van der Waals surface area contributed by atoms with E-state index in [2.05, 4.69) is 0 Å². The van der Waals surface area contributed by atoms with Crippen LogP contribution in [0.3, 0.4) is 0 Å². The fourth-order valence-electron chi connectivity index (χ4n) is 2.09. The Balaban J connectivity index is 2.56. The van der Waals surface area contributed by atoms with Gasteiger partial charge in [-0.3, -0.25) is 4.79 Å². The Morgan fingerprint density at radius 2 is 2.27 bits per heavy atom. The largest absolute Gasteiger partial charge is 0.496 e. The Morgan fingerprint density at radius 1 is 1.53 bits per heavy atom. The van der Waals surface area contributed by atoms with Gasteiger partial charge in [0.1, 0.15) is 5.75 Å². The van der Waals surface area contributed by atoms with Crippen LogP contribution in [-0.2, 0) is 4.79 Å². The zero-order chi connectivity index (χ0) is 11.0. The van der Waals surface area contributed by atoms with Crippen LogP contribution >= 0.6 is 0 Å². The summed E-state index contributed by atoms with van der Waals surface area (Å²) in [5, 5.41) is 18.7. The Morgan fingerprint density at radius 3 is 2.87 bits per heavy atom. The number of methoxy groups -OCH3 is 1. The highest BCUT2D eigenvalue weighted by Gasteiger charge is 2.36. The van der Waals surface area contributed by atoms with Gasteiger partial charge in [0.2, 0.25) is 0 Å². The summed E-state index contributed by atoms with van der Waals surface area (Å²) >= 11 is 0. The van der Waals surface area contributed by atoms with Crippen LogP contribution in [0.25, 0.3) is 0 Å². The van der Waals surface area contributed by atoms with E-state index in [1.54, 1.807) is 18.2 Å². The minimum Gasteiger partial charge on any atom is -0.496 e. The maximum atomic E-state index is 11.0. The summed E-state index contributed by atoms with van der Waals surface area (Å²) in [7, 11) is 1.50. The fourth-order valence-corrected chi connectivity index (χ4v) is 2.09. The lowest BCUT2D eigenvalue weighted by Gasteiger charge is -2.10. The number of fused-ring (bicyclic) bond motifs is 1. The number of hydrogen-bond donors (Lipinski definition) is 2. The second kappa shape index (κ2) is 3.55. The number of benzene rings is 1. The summed E-state index contributed by atoms with van der Waals surface area (Å²) < 4.78 is 5.11. The molecule has 0 amide bonds. The molecule has 2 rings (SSSR count). The van der Waals surface area contributed by atoms with Gasteiger partial charge in [0.15, 0.2) is 0 Å². The van der Waals surface area contributed by atoms with Crippen LogP contribution in [-0.4, -0.2) is 23.3 Å². The second-order valence-electron chi connectivity index (χ2n) is 3.61. The van der Waals surface area contributed by atoms with Crippen LogP contribution in [0.2, 0.25) is 0 Å². The summed E-state index contributed by atoms with van der Waals surface area (Å²) in [6, 6.07) is 5.21. The topological polar surface area (TPSA) is 66.8 Å². The molecular weight excluding hydrogens is 196 g/mol. The summed E-state index contributed by atoms with van der Waals surface area (Å²) in [4.78, 5) is 11.0. The molecule has 0 saturated heterocycles. The van der Waals surface area contributed by atoms with Crippen molar-refractivity contribution in [3.8, 4) is 5.75 Å². The third kappa shape index (κ3) is 1.47. The summed E-state index contributed by atoms with van der Waals surface area (Å²) in [6.45, 7) is 0. The van der Waals surface area contributed by atoms with Crippen molar-refractivity contribution in [2.75, 3.05) is 7.11 Å². The van der Waals surface area contributed by atoms with Gasteiger partial charge in [-0.15, -0.1) is 0 Å². The average molecular weight is 208 g/mol. The molecule has 0 bridgehead atoms. The van der Waals surface area contributed by atoms with Crippen molar-refractivity contribution in [3.63, 3.8) is 0 Å². The Kier molecular flexibility index (Phi) is 2.36. The maximum Gasteiger partial charge on any atom is 0.311 e. The molecule has 4 nitrogen and oxygen atoms in total. The first-order chi connectivity index (χ1) is 7.15. The molecule has 1 aromatic rings. The molecule has 0 aromatic heterocycles. The minimum absolute atomic E-state index is 0.227. The molecule has 2 unspecified atom stereocenters. The molecule has 0 saturated carbocycles. The zero-order valence-corrected chi connectivity index (χ0v) is 8.30. The normalized spacial score (nSPS) is 23.6. The van der Waals surface area contributed by atoms with Crippen LogP contribution in [0.1, 0.15) is 29.6 Å². The molecule has 2 atom stereocenters. The number of carbonyl (C=O) groups is 1. The van der Waals surface area contributed by atoms with Crippen molar-refractivity contribution in [2.24, 2.45) is 0 Å². The second-order valence-corrected chi connectivity index (χ2v) is 3.61. The van der Waals surface area contributed by atoms with Crippen molar-refractivity contribution >= 4 is 5.97 Å². The molecule has 0 spiro atoms. The van der Waals surface area contributed by atoms with E-state index < -0.39 is 18.0 Å². The third-order valence-corrected chi connectivity index (χ3v) is 2.78. The number of hydrogen-bond acceptors (Lipinski definition) is 3. The molecule has 1 aliphatic rings. The number of carboxylic acids is 1.